The van der Waals surface area contributed by atoms with Crippen LogP contribution in [0.25, 0.3) is 0 Å². The van der Waals surface area contributed by atoms with Crippen molar-refractivity contribution in [3.63, 3.8) is 0 Å². The van der Waals surface area contributed by atoms with Crippen LogP contribution < -0.4 is 5.32 Å². The van der Waals surface area contributed by atoms with Crippen LogP contribution in [0.5, 0.6) is 0 Å². The Morgan fingerprint density at radius 1 is 1.12 bits per heavy atom. The average molecular weight is 279 g/mol. The number of halogens is 3. The third-order valence-electron chi connectivity index (χ3n) is 3.47. The van der Waals surface area contributed by atoms with E-state index >= 15 is 0 Å². The highest BCUT2D eigenvalue weighted by Crippen LogP contribution is 2.49. The predicted octanol–water partition coefficient (Wildman–Crippen LogP) is 5.25. The standard InChI is InChI=1S/C12H14Cl3N/c1-7(12(2)3-4-12)16-11-6-9(14)8(13)5-10(11)15/h5-7,16H,3-4H2,1-2H3. The molecule has 0 bridgehead atoms. The van der Waals surface area contributed by atoms with E-state index < -0.39 is 0 Å². The summed E-state index contributed by atoms with van der Waals surface area (Å²) in [5, 5.41) is 5.04. The lowest BCUT2D eigenvalue weighted by molar-refractivity contribution is 0.493. The van der Waals surface area contributed by atoms with Crippen molar-refractivity contribution >= 4 is 40.5 Å². The first kappa shape index (κ1) is 12.3. The molecule has 0 saturated heterocycles. The summed E-state index contributed by atoms with van der Waals surface area (Å²) >= 11 is 18.0. The van der Waals surface area contributed by atoms with Crippen LogP contribution in [-0.4, -0.2) is 6.04 Å². The Kier molecular flexibility index (Phi) is 3.31. The van der Waals surface area contributed by atoms with E-state index in [-0.39, 0.29) is 0 Å². The molecule has 88 valence electrons. The number of hydrogen-bond acceptors (Lipinski definition) is 1. The molecule has 1 saturated carbocycles. The van der Waals surface area contributed by atoms with Gasteiger partial charge in [0.15, 0.2) is 0 Å². The van der Waals surface area contributed by atoms with Crippen molar-refractivity contribution in [1.29, 1.82) is 0 Å². The van der Waals surface area contributed by atoms with Crippen molar-refractivity contribution < 1.29 is 0 Å². The van der Waals surface area contributed by atoms with Crippen molar-refractivity contribution in [2.45, 2.75) is 32.7 Å². The van der Waals surface area contributed by atoms with E-state index in [1.807, 2.05) is 0 Å². The molecule has 1 aromatic carbocycles. The number of hydrogen-bond donors (Lipinski definition) is 1. The van der Waals surface area contributed by atoms with E-state index in [9.17, 15) is 0 Å². The molecular weight excluding hydrogens is 264 g/mol. The molecule has 4 heteroatoms. The maximum atomic E-state index is 6.11. The molecule has 0 heterocycles. The Morgan fingerprint density at radius 3 is 2.25 bits per heavy atom. The van der Waals surface area contributed by atoms with Gasteiger partial charge in [0.1, 0.15) is 0 Å². The molecule has 1 aliphatic rings. The van der Waals surface area contributed by atoms with E-state index in [2.05, 4.69) is 19.2 Å². The zero-order valence-corrected chi connectivity index (χ0v) is 11.5. The Bertz CT molecular complexity index is 413. The summed E-state index contributed by atoms with van der Waals surface area (Å²) < 4.78 is 0. The quantitative estimate of drug-likeness (QED) is 0.745. The van der Waals surface area contributed by atoms with Crippen molar-refractivity contribution in [1.82, 2.24) is 0 Å². The Hall–Kier alpha value is -0.110. The van der Waals surface area contributed by atoms with Crippen molar-refractivity contribution in [2.75, 3.05) is 5.32 Å². The van der Waals surface area contributed by atoms with Gasteiger partial charge in [-0.3, -0.25) is 0 Å². The summed E-state index contributed by atoms with van der Waals surface area (Å²) in [7, 11) is 0. The molecule has 1 unspecified atom stereocenters. The summed E-state index contributed by atoms with van der Waals surface area (Å²) in [5.41, 5.74) is 1.26. The minimum atomic E-state index is 0.391. The van der Waals surface area contributed by atoms with E-state index in [1.165, 1.54) is 12.8 Å². The molecule has 0 spiro atoms. The molecule has 2 rings (SSSR count). The van der Waals surface area contributed by atoms with Crippen LogP contribution in [0, 0.1) is 5.41 Å². The van der Waals surface area contributed by atoms with Crippen LogP contribution in [0.1, 0.15) is 26.7 Å². The summed E-state index contributed by atoms with van der Waals surface area (Å²) in [6, 6.07) is 3.85. The van der Waals surface area contributed by atoms with Crippen LogP contribution in [0.2, 0.25) is 15.1 Å². The minimum Gasteiger partial charge on any atom is -0.381 e. The number of anilines is 1. The molecule has 1 aliphatic carbocycles. The number of nitrogens with one attached hydrogen (secondary N) is 1. The van der Waals surface area contributed by atoms with E-state index in [1.54, 1.807) is 12.1 Å². The molecule has 1 nitrogen and oxygen atoms in total. The lowest BCUT2D eigenvalue weighted by atomic mass is 10.0. The topological polar surface area (TPSA) is 12.0 Å². The van der Waals surface area contributed by atoms with E-state index in [4.69, 9.17) is 34.8 Å². The third kappa shape index (κ3) is 2.42. The molecule has 0 aromatic heterocycles. The Balaban J connectivity index is 2.18. The van der Waals surface area contributed by atoms with Crippen LogP contribution in [0.3, 0.4) is 0 Å². The van der Waals surface area contributed by atoms with Gasteiger partial charge in [0.05, 0.1) is 20.8 Å². The summed E-state index contributed by atoms with van der Waals surface area (Å²) in [4.78, 5) is 0. The van der Waals surface area contributed by atoms with Gasteiger partial charge >= 0.3 is 0 Å². The molecule has 0 amide bonds. The molecule has 0 radical (unpaired) electrons. The van der Waals surface area contributed by atoms with Gasteiger partial charge in [0.25, 0.3) is 0 Å². The second-order valence-electron chi connectivity index (χ2n) is 4.77. The number of benzene rings is 1. The molecule has 1 fully saturated rings. The van der Waals surface area contributed by atoms with Crippen molar-refractivity contribution in [3.8, 4) is 0 Å². The molecule has 1 atom stereocenters. The van der Waals surface area contributed by atoms with Crippen LogP contribution in [0.15, 0.2) is 12.1 Å². The monoisotopic (exact) mass is 277 g/mol. The normalized spacial score (nSPS) is 19.3. The van der Waals surface area contributed by atoms with Crippen LogP contribution in [-0.2, 0) is 0 Å². The fourth-order valence-electron chi connectivity index (χ4n) is 1.67. The van der Waals surface area contributed by atoms with Gasteiger partial charge in [-0.05, 0) is 37.3 Å². The first-order chi connectivity index (χ1) is 7.42. The SMILES string of the molecule is CC(Nc1cc(Cl)c(Cl)cc1Cl)C1(C)CC1. The maximum absolute atomic E-state index is 6.11. The molecular formula is C12H14Cl3N. The van der Waals surface area contributed by atoms with E-state index in [0.717, 1.165) is 5.69 Å². The van der Waals surface area contributed by atoms with Crippen molar-refractivity contribution in [3.05, 3.63) is 27.2 Å². The Morgan fingerprint density at radius 2 is 1.69 bits per heavy atom. The smallest absolute Gasteiger partial charge is 0.0653 e. The van der Waals surface area contributed by atoms with Gasteiger partial charge in [-0.15, -0.1) is 0 Å². The molecule has 1 aromatic rings. The van der Waals surface area contributed by atoms with Crippen molar-refractivity contribution in [2.24, 2.45) is 5.41 Å². The van der Waals surface area contributed by atoms with Gasteiger partial charge in [-0.25, -0.2) is 0 Å². The minimum absolute atomic E-state index is 0.391. The van der Waals surface area contributed by atoms with Gasteiger partial charge in [0, 0.05) is 6.04 Å². The fourth-order valence-corrected chi connectivity index (χ4v) is 2.27. The Labute approximate surface area is 111 Å². The number of rotatable bonds is 3. The lowest BCUT2D eigenvalue weighted by Crippen LogP contribution is -2.25. The fraction of sp³-hybridized carbons (Fsp3) is 0.500. The van der Waals surface area contributed by atoms with Crippen LogP contribution in [0.4, 0.5) is 5.69 Å². The summed E-state index contributed by atoms with van der Waals surface area (Å²) in [5.74, 6) is 0. The highest BCUT2D eigenvalue weighted by Gasteiger charge is 2.42. The molecule has 16 heavy (non-hydrogen) atoms. The second-order valence-corrected chi connectivity index (χ2v) is 5.99. The average Bonchev–Trinajstić information content (AvgIpc) is 2.94. The molecule has 0 aliphatic heterocycles. The van der Waals surface area contributed by atoms with Crippen LogP contribution >= 0.6 is 34.8 Å². The van der Waals surface area contributed by atoms with Gasteiger partial charge < -0.3 is 5.32 Å². The summed E-state index contributed by atoms with van der Waals surface area (Å²) in [6.07, 6.45) is 2.53. The highest BCUT2D eigenvalue weighted by atomic mass is 35.5. The zero-order chi connectivity index (χ0) is 11.9. The third-order valence-corrected chi connectivity index (χ3v) is 4.50. The lowest BCUT2D eigenvalue weighted by Gasteiger charge is -2.22. The zero-order valence-electron chi connectivity index (χ0n) is 9.28. The molecule has 1 N–H and O–H groups in total. The maximum Gasteiger partial charge on any atom is 0.0653 e. The van der Waals surface area contributed by atoms with E-state index in [0.29, 0.717) is 26.5 Å². The second kappa shape index (κ2) is 4.29. The highest BCUT2D eigenvalue weighted by molar-refractivity contribution is 6.44. The largest absolute Gasteiger partial charge is 0.381 e. The van der Waals surface area contributed by atoms with Gasteiger partial charge in [-0.1, -0.05) is 41.7 Å². The van der Waals surface area contributed by atoms with Gasteiger partial charge in [-0.2, -0.15) is 0 Å². The predicted molar refractivity (Wildman–Crippen MR) is 71.9 cm³/mol. The first-order valence-corrected chi connectivity index (χ1v) is 6.47. The van der Waals surface area contributed by atoms with Gasteiger partial charge in [0.2, 0.25) is 0 Å². The first-order valence-electron chi connectivity index (χ1n) is 5.33. The summed E-state index contributed by atoms with van der Waals surface area (Å²) in [6.45, 7) is 4.45.